The molecule has 0 amide bonds. The Labute approximate surface area is 226 Å². The molecule has 0 aliphatic rings. The topological polar surface area (TPSA) is 55.4 Å². The van der Waals surface area contributed by atoms with E-state index in [4.69, 9.17) is 26.6 Å². The first-order chi connectivity index (χ1) is 17.5. The average molecular weight is 591 g/mol. The molecule has 0 aliphatic heterocycles. The lowest BCUT2D eigenvalue weighted by molar-refractivity contribution is 0.0728. The smallest absolute Gasteiger partial charge is 0.377 e. The zero-order valence-electron chi connectivity index (χ0n) is 22.7. The van der Waals surface area contributed by atoms with E-state index in [-0.39, 0.29) is 0 Å². The lowest BCUT2D eigenvalue weighted by Crippen LogP contribution is -2.46. The van der Waals surface area contributed by atoms with Gasteiger partial charge >= 0.3 is 17.6 Å². The zero-order chi connectivity index (χ0) is 26.7. The van der Waals surface area contributed by atoms with Gasteiger partial charge in [0.2, 0.25) is 0 Å². The van der Waals surface area contributed by atoms with Gasteiger partial charge in [-0.1, -0.05) is 60.7 Å². The molecule has 36 heavy (non-hydrogen) atoms. The molecule has 204 valence electrons. The predicted molar refractivity (Wildman–Crippen MR) is 164 cm³/mol. The highest BCUT2D eigenvalue weighted by Gasteiger charge is 2.39. The van der Waals surface area contributed by atoms with Crippen LogP contribution in [0.3, 0.4) is 0 Å². The van der Waals surface area contributed by atoms with E-state index in [0.717, 1.165) is 32.7 Å². The molecule has 2 aromatic rings. The number of benzene rings is 2. The van der Waals surface area contributed by atoms with Gasteiger partial charge < -0.3 is 26.6 Å². The highest BCUT2D eigenvalue weighted by Crippen LogP contribution is 2.36. The Hall–Kier alpha value is -0.0762. The van der Waals surface area contributed by atoms with Crippen LogP contribution in [-0.2, 0) is 26.6 Å². The van der Waals surface area contributed by atoms with Crippen molar-refractivity contribution in [3.05, 3.63) is 60.7 Å². The fourth-order valence-corrected chi connectivity index (χ4v) is 13.7. The maximum atomic E-state index is 5.70. The summed E-state index contributed by atoms with van der Waals surface area (Å²) in [6.07, 6.45) is 2.10. The monoisotopic (exact) mass is 590 g/mol. The van der Waals surface area contributed by atoms with Gasteiger partial charge in [-0.3, -0.25) is 0 Å². The minimum absolute atomic E-state index is 0.438. The molecule has 0 fully saturated rings. The second-order valence-electron chi connectivity index (χ2n) is 7.55. The Morgan fingerprint density at radius 3 is 1.42 bits per heavy atom. The lowest BCUT2D eigenvalue weighted by Gasteiger charge is -2.28. The van der Waals surface area contributed by atoms with E-state index >= 15 is 0 Å². The summed E-state index contributed by atoms with van der Waals surface area (Å²) >= 11 is 0. The highest BCUT2D eigenvalue weighted by atomic mass is 32.0. The summed E-state index contributed by atoms with van der Waals surface area (Å²) in [5, 5.41) is 2.74. The molecule has 0 saturated heterocycles. The van der Waals surface area contributed by atoms with Crippen molar-refractivity contribution < 1.29 is 26.6 Å². The van der Waals surface area contributed by atoms with Crippen molar-refractivity contribution in [3.8, 4) is 0 Å². The molecule has 0 heterocycles. The maximum absolute atomic E-state index is 5.70. The molecule has 2 rings (SSSR count). The summed E-state index contributed by atoms with van der Waals surface area (Å²) in [7, 11) is 3.33. The van der Waals surface area contributed by atoms with Gasteiger partial charge in [-0.15, -0.1) is 17.2 Å². The van der Waals surface area contributed by atoms with Crippen LogP contribution in [0.1, 0.15) is 20.8 Å². The Morgan fingerprint density at radius 1 is 0.667 bits per heavy atom. The van der Waals surface area contributed by atoms with E-state index in [9.17, 15) is 0 Å². The van der Waals surface area contributed by atoms with E-state index in [2.05, 4.69) is 69.6 Å². The second-order valence-corrected chi connectivity index (χ2v) is 17.8. The Bertz CT molecular complexity index is 723. The first-order valence-electron chi connectivity index (χ1n) is 12.4. The maximum Gasteiger partial charge on any atom is 0.501 e. The lowest BCUT2D eigenvalue weighted by atomic mass is 10.4. The van der Waals surface area contributed by atoms with E-state index < -0.39 is 25.5 Å². The van der Waals surface area contributed by atoms with Gasteiger partial charge in [-0.25, -0.2) is 0 Å². The molecule has 11 heteroatoms. The molecule has 6 nitrogen and oxygen atoms in total. The number of hydrogen-bond donors (Lipinski definition) is 0. The number of rotatable bonds is 17. The van der Waals surface area contributed by atoms with Crippen LogP contribution in [0, 0.1) is 0 Å². The molecule has 0 N–H and O–H groups in total. The SMILES string of the molecule is CCO[Si](CCPP)(OCC)OCC.CO[Si](CCP(c1ccccc1)c1ccccc1)(OC)OC. The fourth-order valence-electron chi connectivity index (χ4n) is 3.65. The Morgan fingerprint density at radius 2 is 1.08 bits per heavy atom. The Kier molecular flexibility index (Phi) is 18.8. The van der Waals surface area contributed by atoms with Crippen LogP contribution < -0.4 is 10.6 Å². The van der Waals surface area contributed by atoms with E-state index in [1.165, 1.54) is 10.6 Å². The molecule has 0 aromatic heterocycles. The average Bonchev–Trinajstić information content (AvgIpc) is 2.92. The van der Waals surface area contributed by atoms with Crippen molar-refractivity contribution in [1.29, 1.82) is 0 Å². The van der Waals surface area contributed by atoms with Gasteiger partial charge in [-0.2, -0.15) is 0 Å². The number of hydrogen-bond acceptors (Lipinski definition) is 6. The zero-order valence-corrected chi connectivity index (χ0v) is 27.7. The summed E-state index contributed by atoms with van der Waals surface area (Å²) in [6.45, 7) is 7.99. The standard InChI is InChI=1S/C17H23O3PSi.C8H22O3P2Si/c1-18-22(19-2,20-3)15-14-21(16-10-6-4-7-11-16)17-12-8-5-9-13-17;1-4-9-14(10-5-2,11-6-3)8-7-13-12/h4-13H,14-15H2,1-3H3;13H,4-8,12H2,1-3H3. The van der Waals surface area contributed by atoms with Crippen molar-refractivity contribution in [2.75, 3.05) is 53.5 Å². The van der Waals surface area contributed by atoms with E-state index in [1.54, 1.807) is 21.3 Å². The van der Waals surface area contributed by atoms with Crippen LogP contribution in [0.15, 0.2) is 60.7 Å². The predicted octanol–water partition coefficient (Wildman–Crippen LogP) is 5.50. The first-order valence-corrected chi connectivity index (χ1v) is 20.8. The summed E-state index contributed by atoms with van der Waals surface area (Å²) in [5.41, 5.74) is 0. The summed E-state index contributed by atoms with van der Waals surface area (Å²) in [5.74, 6) is 0. The Balaban J connectivity index is 0.000000402. The van der Waals surface area contributed by atoms with Crippen LogP contribution >= 0.6 is 25.1 Å². The van der Waals surface area contributed by atoms with Crippen LogP contribution in [0.5, 0.6) is 0 Å². The first kappa shape index (κ1) is 34.0. The third kappa shape index (κ3) is 11.8. The largest absolute Gasteiger partial charge is 0.501 e. The van der Waals surface area contributed by atoms with E-state index in [1.807, 2.05) is 20.8 Å². The van der Waals surface area contributed by atoms with Crippen molar-refractivity contribution in [2.45, 2.75) is 32.9 Å². The van der Waals surface area contributed by atoms with Gasteiger partial charge in [-0.05, 0) is 51.6 Å². The van der Waals surface area contributed by atoms with Crippen LogP contribution in [0.25, 0.3) is 0 Å². The molecule has 0 bridgehead atoms. The molecular formula is C25H45O6P3Si2. The quantitative estimate of drug-likeness (QED) is 0.179. The molecule has 2 unspecified atom stereocenters. The molecule has 0 radical (unpaired) electrons. The molecule has 2 aromatic carbocycles. The third-order valence-electron chi connectivity index (χ3n) is 5.38. The van der Waals surface area contributed by atoms with E-state index in [0.29, 0.717) is 19.8 Å². The van der Waals surface area contributed by atoms with Crippen molar-refractivity contribution in [2.24, 2.45) is 0 Å². The van der Waals surface area contributed by atoms with Crippen LogP contribution in [-0.4, -0.2) is 71.1 Å². The van der Waals surface area contributed by atoms with Gasteiger partial charge in [0.15, 0.2) is 0 Å². The van der Waals surface area contributed by atoms with Gasteiger partial charge in [0.05, 0.1) is 0 Å². The van der Waals surface area contributed by atoms with Gasteiger partial charge in [0.1, 0.15) is 0 Å². The second kappa shape index (κ2) is 19.9. The molecular weight excluding hydrogens is 545 g/mol. The minimum Gasteiger partial charge on any atom is -0.377 e. The highest BCUT2D eigenvalue weighted by molar-refractivity contribution is 8.02. The fraction of sp³-hybridized carbons (Fsp3) is 0.520. The minimum atomic E-state index is -2.53. The summed E-state index contributed by atoms with van der Waals surface area (Å²) < 4.78 is 33.8. The summed E-state index contributed by atoms with van der Waals surface area (Å²) in [4.78, 5) is 0. The van der Waals surface area contributed by atoms with Crippen molar-refractivity contribution >= 4 is 53.3 Å². The van der Waals surface area contributed by atoms with Crippen molar-refractivity contribution in [1.82, 2.24) is 0 Å². The summed E-state index contributed by atoms with van der Waals surface area (Å²) in [6, 6.07) is 23.1. The van der Waals surface area contributed by atoms with Crippen molar-refractivity contribution in [3.63, 3.8) is 0 Å². The van der Waals surface area contributed by atoms with Gasteiger partial charge in [0.25, 0.3) is 0 Å². The molecule has 0 aliphatic carbocycles. The third-order valence-corrected chi connectivity index (χ3v) is 16.0. The normalized spacial score (nSPS) is 12.2. The molecule has 0 saturated carbocycles. The molecule has 0 spiro atoms. The van der Waals surface area contributed by atoms with Crippen LogP contribution in [0.2, 0.25) is 12.1 Å². The van der Waals surface area contributed by atoms with Gasteiger partial charge in [0, 0.05) is 53.2 Å². The molecule has 2 atom stereocenters. The van der Waals surface area contributed by atoms with Crippen LogP contribution in [0.4, 0.5) is 0 Å².